The van der Waals surface area contributed by atoms with Gasteiger partial charge in [0, 0.05) is 63.6 Å². The lowest BCUT2D eigenvalue weighted by molar-refractivity contribution is -0.938. The zero-order valence-electron chi connectivity index (χ0n) is 27.0. The largest absolute Gasteiger partial charge is 1.00 e. The fourth-order valence-corrected chi connectivity index (χ4v) is 12.3. The van der Waals surface area contributed by atoms with E-state index >= 15 is 0 Å². The number of aliphatic hydroxyl groups is 1. The van der Waals surface area contributed by atoms with E-state index in [-0.39, 0.29) is 57.8 Å². The van der Waals surface area contributed by atoms with E-state index in [2.05, 4.69) is 31.4 Å². The Bertz CT molecular complexity index is 1040. The van der Waals surface area contributed by atoms with Crippen LogP contribution in [0.3, 0.4) is 0 Å². The second-order valence-electron chi connectivity index (χ2n) is 16.1. The zero-order chi connectivity index (χ0) is 29.3. The monoisotopic (exact) mass is 664 g/mol. The Labute approximate surface area is 270 Å². The number of esters is 1. The van der Waals surface area contributed by atoms with Gasteiger partial charge in [0.1, 0.15) is 18.2 Å². The van der Waals surface area contributed by atoms with Gasteiger partial charge < -0.3 is 40.8 Å². The number of rotatable bonds is 5. The highest BCUT2D eigenvalue weighted by atomic mass is 79.9. The number of likely N-dealkylation sites (tertiary alicyclic amines) is 2. The van der Waals surface area contributed by atoms with Gasteiger partial charge in [0.05, 0.1) is 32.8 Å². The van der Waals surface area contributed by atoms with Crippen LogP contribution in [0.1, 0.15) is 91.4 Å². The lowest BCUT2D eigenvalue weighted by Crippen LogP contribution is -3.00. The molecule has 244 valence electrons. The summed E-state index contributed by atoms with van der Waals surface area (Å²) in [6.07, 6.45) is 14.4. The molecule has 4 saturated carbocycles. The molecule has 43 heavy (non-hydrogen) atoms. The van der Waals surface area contributed by atoms with Crippen LogP contribution in [-0.4, -0.2) is 96.5 Å². The highest BCUT2D eigenvalue weighted by Crippen LogP contribution is 2.67. The third kappa shape index (κ3) is 5.21. The molecule has 0 aromatic heterocycles. The Morgan fingerprint density at radius 3 is 2.37 bits per heavy atom. The second kappa shape index (κ2) is 11.9. The minimum absolute atomic E-state index is 0. The predicted octanol–water partition coefficient (Wildman–Crippen LogP) is 1.92. The molecule has 8 heteroatoms. The molecule has 3 saturated heterocycles. The first-order valence-electron chi connectivity index (χ1n) is 17.5. The van der Waals surface area contributed by atoms with Gasteiger partial charge in [0.25, 0.3) is 0 Å². The molecule has 7 nitrogen and oxygen atoms in total. The average molecular weight is 666 g/mol. The van der Waals surface area contributed by atoms with E-state index < -0.39 is 0 Å². The van der Waals surface area contributed by atoms with Crippen molar-refractivity contribution in [2.45, 2.75) is 121 Å². The molecule has 0 bridgehead atoms. The molecule has 3 aliphatic heterocycles. The van der Waals surface area contributed by atoms with Crippen LogP contribution in [-0.2, 0) is 19.0 Å². The molecule has 0 aromatic rings. The number of fused-ring (bicyclic) bond motifs is 5. The maximum Gasteiger partial charge on any atom is 0.302 e. The SMILES string of the molecule is C=CC[N+]1([C@H]2CC3C4CC[C@H]5C[C@H](OC(C)=O)[C@@H](N6CCC7(CC6)OCCO7)C[C@]5(C)C4CC[C@]3(C)[C@H]2O)CCCC1.[Br-]. The molecule has 3 heterocycles. The highest BCUT2D eigenvalue weighted by molar-refractivity contribution is 5.66. The van der Waals surface area contributed by atoms with Crippen molar-refractivity contribution in [2.75, 3.05) is 45.9 Å². The number of halogens is 1. The van der Waals surface area contributed by atoms with E-state index in [1.54, 1.807) is 6.92 Å². The van der Waals surface area contributed by atoms with Gasteiger partial charge in [-0.15, -0.1) is 0 Å². The number of hydrogen-bond acceptors (Lipinski definition) is 6. The molecule has 1 N–H and O–H groups in total. The second-order valence-corrected chi connectivity index (χ2v) is 16.1. The summed E-state index contributed by atoms with van der Waals surface area (Å²) in [6, 6.07) is 0.617. The van der Waals surface area contributed by atoms with Gasteiger partial charge in [-0.25, -0.2) is 0 Å². The van der Waals surface area contributed by atoms with E-state index in [4.69, 9.17) is 14.2 Å². The highest BCUT2D eigenvalue weighted by Gasteiger charge is 2.66. The summed E-state index contributed by atoms with van der Waals surface area (Å²) >= 11 is 0. The molecule has 7 aliphatic rings. The van der Waals surface area contributed by atoms with Crippen molar-refractivity contribution in [2.24, 2.45) is 34.5 Å². The first-order chi connectivity index (χ1) is 20.1. The Morgan fingerprint density at radius 1 is 1.02 bits per heavy atom. The summed E-state index contributed by atoms with van der Waals surface area (Å²) in [6.45, 7) is 17.5. The molecule has 4 aliphatic carbocycles. The fourth-order valence-electron chi connectivity index (χ4n) is 12.3. The van der Waals surface area contributed by atoms with Gasteiger partial charge >= 0.3 is 5.97 Å². The number of carbonyl (C=O) groups is 1. The summed E-state index contributed by atoms with van der Waals surface area (Å²) in [5.41, 5.74) is 0.270. The number of quaternary nitrogens is 1. The number of piperidine rings is 1. The van der Waals surface area contributed by atoms with Crippen LogP contribution >= 0.6 is 0 Å². The normalized spacial score (nSPS) is 46.8. The van der Waals surface area contributed by atoms with Crippen LogP contribution in [0, 0.1) is 34.5 Å². The van der Waals surface area contributed by atoms with Crippen molar-refractivity contribution in [1.82, 2.24) is 4.90 Å². The molecular formula is C35H57BrN2O5. The molecule has 7 fully saturated rings. The first kappa shape index (κ1) is 32.4. The van der Waals surface area contributed by atoms with Gasteiger partial charge in [-0.2, -0.15) is 0 Å². The third-order valence-electron chi connectivity index (χ3n) is 14.4. The van der Waals surface area contributed by atoms with Crippen LogP contribution < -0.4 is 17.0 Å². The van der Waals surface area contributed by atoms with Gasteiger partial charge in [0.15, 0.2) is 5.79 Å². The quantitative estimate of drug-likeness (QED) is 0.275. The maximum absolute atomic E-state index is 12.3. The summed E-state index contributed by atoms with van der Waals surface area (Å²) < 4.78 is 19.3. The average Bonchev–Trinajstić information content (AvgIpc) is 3.69. The molecular weight excluding hydrogens is 608 g/mol. The summed E-state index contributed by atoms with van der Waals surface area (Å²) in [5, 5.41) is 12.1. The van der Waals surface area contributed by atoms with E-state index in [0.717, 1.165) is 56.2 Å². The number of carbonyl (C=O) groups excluding carboxylic acids is 1. The molecule has 0 amide bonds. The van der Waals surface area contributed by atoms with E-state index in [9.17, 15) is 9.90 Å². The Hall–Kier alpha value is -0.510. The lowest BCUT2D eigenvalue weighted by Gasteiger charge is -2.62. The molecule has 0 radical (unpaired) electrons. The van der Waals surface area contributed by atoms with Gasteiger partial charge in [-0.05, 0) is 73.7 Å². The minimum Gasteiger partial charge on any atom is -1.00 e. The topological polar surface area (TPSA) is 68.2 Å². The molecule has 0 aromatic carbocycles. The Kier molecular flexibility index (Phi) is 9.00. The maximum atomic E-state index is 12.3. The summed E-state index contributed by atoms with van der Waals surface area (Å²) in [5.74, 6) is 2.04. The molecule has 7 rings (SSSR count). The molecule has 1 spiro atoms. The van der Waals surface area contributed by atoms with Gasteiger partial charge in [0.2, 0.25) is 0 Å². The zero-order valence-corrected chi connectivity index (χ0v) is 28.6. The van der Waals surface area contributed by atoms with Gasteiger partial charge in [-0.3, -0.25) is 9.69 Å². The van der Waals surface area contributed by atoms with E-state index in [0.29, 0.717) is 42.9 Å². The van der Waals surface area contributed by atoms with Crippen LogP contribution in [0.2, 0.25) is 0 Å². The molecule has 10 atom stereocenters. The molecule has 3 unspecified atom stereocenters. The fraction of sp³-hybridized carbons (Fsp3) is 0.914. The van der Waals surface area contributed by atoms with Crippen LogP contribution in [0.4, 0.5) is 0 Å². The number of nitrogens with zero attached hydrogens (tertiary/aromatic N) is 2. The van der Waals surface area contributed by atoms with Crippen molar-refractivity contribution in [1.29, 1.82) is 0 Å². The minimum atomic E-state index is -0.390. The summed E-state index contributed by atoms with van der Waals surface area (Å²) in [7, 11) is 0. The lowest BCUT2D eigenvalue weighted by atomic mass is 9.44. The van der Waals surface area contributed by atoms with Crippen molar-refractivity contribution < 1.29 is 45.6 Å². The Balaban J connectivity index is 0.00000329. The van der Waals surface area contributed by atoms with Crippen molar-refractivity contribution >= 4 is 5.97 Å². The van der Waals surface area contributed by atoms with Crippen molar-refractivity contribution in [3.63, 3.8) is 0 Å². The Morgan fingerprint density at radius 2 is 1.72 bits per heavy atom. The van der Waals surface area contributed by atoms with Crippen LogP contribution in [0.15, 0.2) is 12.7 Å². The van der Waals surface area contributed by atoms with E-state index in [1.165, 1.54) is 51.6 Å². The number of ether oxygens (including phenoxy) is 3. The predicted molar refractivity (Wildman–Crippen MR) is 161 cm³/mol. The van der Waals surface area contributed by atoms with Crippen LogP contribution in [0.5, 0.6) is 0 Å². The standard InChI is InChI=1S/C35H57N2O5.BrH/c1-5-16-37(17-6-7-18-37)30-22-28-26-9-8-25-21-31(42-24(2)38)29(36-14-12-35(13-15-36)40-19-20-41-35)23-34(25,4)27(26)10-11-33(28,3)32(30)39;/h5,25-32,39H,1,6-23H2,2-4H3;1H/q+1;/p-1/t25-,26?,27?,28?,29-,30-,31-,32-,33-,34-;/m0./s1. The summed E-state index contributed by atoms with van der Waals surface area (Å²) in [4.78, 5) is 14.9. The van der Waals surface area contributed by atoms with E-state index in [1.807, 2.05) is 0 Å². The van der Waals surface area contributed by atoms with Crippen molar-refractivity contribution in [3.05, 3.63) is 12.7 Å². The smallest absolute Gasteiger partial charge is 0.302 e. The third-order valence-corrected chi connectivity index (χ3v) is 14.4. The van der Waals surface area contributed by atoms with Crippen molar-refractivity contribution in [3.8, 4) is 0 Å². The number of hydrogen-bond donors (Lipinski definition) is 1. The van der Waals surface area contributed by atoms with Gasteiger partial charge in [-0.1, -0.05) is 20.4 Å². The first-order valence-corrected chi connectivity index (χ1v) is 17.5. The van der Waals surface area contributed by atoms with Crippen LogP contribution in [0.25, 0.3) is 0 Å². The number of aliphatic hydroxyl groups excluding tert-OH is 1.